The minimum Gasteiger partial charge on any atom is -0.368 e. The predicted octanol–water partition coefficient (Wildman–Crippen LogP) is 2.84. The number of rotatable bonds is 3. The second-order valence-corrected chi connectivity index (χ2v) is 5.48. The normalized spacial score (nSPS) is 27.9. The average molecular weight is 240 g/mol. The van der Waals surface area contributed by atoms with E-state index in [-0.39, 0.29) is 5.60 Å². The van der Waals surface area contributed by atoms with E-state index in [9.17, 15) is 0 Å². The molecule has 4 heteroatoms. The zero-order chi connectivity index (χ0) is 11.6. The number of nitrogens with one attached hydrogen (secondary N) is 1. The highest BCUT2D eigenvalue weighted by Gasteiger charge is 2.33. The van der Waals surface area contributed by atoms with Gasteiger partial charge in [-0.3, -0.25) is 0 Å². The van der Waals surface area contributed by atoms with E-state index in [0.29, 0.717) is 6.04 Å². The Balaban J connectivity index is 2.17. The smallest absolute Gasteiger partial charge is 0.125 e. The lowest BCUT2D eigenvalue weighted by molar-refractivity contribution is -0.0703. The molecule has 2 rings (SSSR count). The van der Waals surface area contributed by atoms with E-state index in [1.54, 1.807) is 11.3 Å². The van der Waals surface area contributed by atoms with Crippen molar-refractivity contribution in [3.8, 4) is 0 Å². The van der Waals surface area contributed by atoms with Crippen LogP contribution >= 0.6 is 11.3 Å². The summed E-state index contributed by atoms with van der Waals surface area (Å²) in [6.45, 7) is 5.16. The van der Waals surface area contributed by atoms with Gasteiger partial charge in [0.25, 0.3) is 0 Å². The molecule has 90 valence electrons. The zero-order valence-corrected chi connectivity index (χ0v) is 11.1. The molecule has 0 bridgehead atoms. The third-order valence-electron chi connectivity index (χ3n) is 3.32. The van der Waals surface area contributed by atoms with E-state index >= 15 is 0 Å². The van der Waals surface area contributed by atoms with Crippen molar-refractivity contribution in [1.82, 2.24) is 10.3 Å². The minimum atomic E-state index is -0.144. The number of nitrogens with zero attached hydrogens (tertiary/aromatic N) is 1. The van der Waals surface area contributed by atoms with Gasteiger partial charge >= 0.3 is 0 Å². The molecule has 1 fully saturated rings. The van der Waals surface area contributed by atoms with Gasteiger partial charge in [-0.1, -0.05) is 0 Å². The van der Waals surface area contributed by atoms with Crippen LogP contribution in [0.2, 0.25) is 0 Å². The van der Waals surface area contributed by atoms with Crippen LogP contribution in [0.1, 0.15) is 49.9 Å². The molecular weight excluding hydrogens is 220 g/mol. The van der Waals surface area contributed by atoms with Crippen LogP contribution in [0.5, 0.6) is 0 Å². The maximum absolute atomic E-state index is 5.91. The van der Waals surface area contributed by atoms with Gasteiger partial charge in [0.1, 0.15) is 10.6 Å². The molecule has 1 aliphatic heterocycles. The van der Waals surface area contributed by atoms with Crippen LogP contribution in [-0.2, 0) is 10.3 Å². The molecule has 2 atom stereocenters. The lowest BCUT2D eigenvalue weighted by atomic mass is 9.97. The standard InChI is InChI=1S/C12H20N2OS/c1-9(13-3)10-8-16-11(14-10)12(2)6-4-5-7-15-12/h8-9,13H,4-7H2,1-3H3. The Morgan fingerprint density at radius 3 is 3.00 bits per heavy atom. The molecule has 16 heavy (non-hydrogen) atoms. The Bertz CT molecular complexity index is 345. The van der Waals surface area contributed by atoms with Gasteiger partial charge in [-0.05, 0) is 40.2 Å². The van der Waals surface area contributed by atoms with Crippen LogP contribution < -0.4 is 5.32 Å². The Morgan fingerprint density at radius 2 is 2.38 bits per heavy atom. The maximum atomic E-state index is 5.91. The largest absolute Gasteiger partial charge is 0.368 e. The highest BCUT2D eigenvalue weighted by molar-refractivity contribution is 7.09. The van der Waals surface area contributed by atoms with Crippen molar-refractivity contribution < 1.29 is 4.74 Å². The van der Waals surface area contributed by atoms with Gasteiger partial charge < -0.3 is 10.1 Å². The first-order valence-electron chi connectivity index (χ1n) is 5.93. The Kier molecular flexibility index (Phi) is 3.62. The Hall–Kier alpha value is -0.450. The third-order valence-corrected chi connectivity index (χ3v) is 4.43. The fourth-order valence-corrected chi connectivity index (χ4v) is 3.04. The van der Waals surface area contributed by atoms with E-state index in [2.05, 4.69) is 24.5 Å². The monoisotopic (exact) mass is 240 g/mol. The van der Waals surface area contributed by atoms with Gasteiger partial charge in [-0.15, -0.1) is 11.3 Å². The Morgan fingerprint density at radius 1 is 1.56 bits per heavy atom. The number of ether oxygens (including phenoxy) is 1. The number of aromatic nitrogens is 1. The average Bonchev–Trinajstić information content (AvgIpc) is 2.79. The summed E-state index contributed by atoms with van der Waals surface area (Å²) in [5, 5.41) is 6.48. The molecule has 1 N–H and O–H groups in total. The molecule has 0 saturated carbocycles. The molecule has 1 saturated heterocycles. The highest BCUT2D eigenvalue weighted by Crippen LogP contribution is 2.36. The van der Waals surface area contributed by atoms with Gasteiger partial charge in [-0.25, -0.2) is 4.98 Å². The van der Waals surface area contributed by atoms with Gasteiger partial charge in [0.05, 0.1) is 5.69 Å². The zero-order valence-electron chi connectivity index (χ0n) is 10.2. The van der Waals surface area contributed by atoms with E-state index in [1.165, 1.54) is 12.8 Å². The summed E-state index contributed by atoms with van der Waals surface area (Å²) < 4.78 is 5.91. The molecule has 0 aliphatic carbocycles. The van der Waals surface area contributed by atoms with Gasteiger partial charge in [-0.2, -0.15) is 0 Å². The van der Waals surface area contributed by atoms with Crippen LogP contribution in [0.4, 0.5) is 0 Å². The van der Waals surface area contributed by atoms with Crippen molar-refractivity contribution in [3.05, 3.63) is 16.1 Å². The van der Waals surface area contributed by atoms with Crippen LogP contribution in [0.25, 0.3) is 0 Å². The highest BCUT2D eigenvalue weighted by atomic mass is 32.1. The van der Waals surface area contributed by atoms with Gasteiger partial charge in [0.15, 0.2) is 0 Å². The summed E-state index contributed by atoms with van der Waals surface area (Å²) in [4.78, 5) is 4.71. The van der Waals surface area contributed by atoms with Crippen LogP contribution in [-0.4, -0.2) is 18.6 Å². The lowest BCUT2D eigenvalue weighted by Gasteiger charge is -2.31. The van der Waals surface area contributed by atoms with E-state index in [0.717, 1.165) is 23.7 Å². The third kappa shape index (κ3) is 2.29. The molecule has 0 aromatic carbocycles. The fourth-order valence-electron chi connectivity index (χ4n) is 1.98. The second kappa shape index (κ2) is 4.82. The molecule has 2 heterocycles. The van der Waals surface area contributed by atoms with Crippen molar-refractivity contribution in [2.24, 2.45) is 0 Å². The maximum Gasteiger partial charge on any atom is 0.125 e. The van der Waals surface area contributed by atoms with Crippen LogP contribution in [0, 0.1) is 0 Å². The predicted molar refractivity (Wildman–Crippen MR) is 66.7 cm³/mol. The minimum absolute atomic E-state index is 0.144. The van der Waals surface area contributed by atoms with Crippen LogP contribution in [0.3, 0.4) is 0 Å². The molecule has 1 aromatic rings. The van der Waals surface area contributed by atoms with Gasteiger partial charge in [0, 0.05) is 18.0 Å². The van der Waals surface area contributed by atoms with Crippen molar-refractivity contribution in [2.45, 2.75) is 44.8 Å². The molecule has 0 radical (unpaired) electrons. The molecule has 0 spiro atoms. The first-order chi connectivity index (χ1) is 7.65. The van der Waals surface area contributed by atoms with Crippen molar-refractivity contribution in [3.63, 3.8) is 0 Å². The van der Waals surface area contributed by atoms with Crippen molar-refractivity contribution >= 4 is 11.3 Å². The topological polar surface area (TPSA) is 34.1 Å². The number of hydrogen-bond acceptors (Lipinski definition) is 4. The Labute approximate surface area is 101 Å². The molecule has 1 aliphatic rings. The summed E-state index contributed by atoms with van der Waals surface area (Å²) in [5.74, 6) is 0. The van der Waals surface area contributed by atoms with E-state index in [4.69, 9.17) is 9.72 Å². The molecular formula is C12H20N2OS. The molecule has 3 nitrogen and oxygen atoms in total. The first-order valence-corrected chi connectivity index (χ1v) is 6.81. The summed E-state index contributed by atoms with van der Waals surface area (Å²) in [6.07, 6.45) is 3.52. The van der Waals surface area contributed by atoms with E-state index in [1.807, 2.05) is 7.05 Å². The SMILES string of the molecule is CNC(C)c1csc(C2(C)CCCCO2)n1. The first kappa shape index (κ1) is 12.0. The summed E-state index contributed by atoms with van der Waals surface area (Å²) in [5.41, 5.74) is 0.979. The number of hydrogen-bond donors (Lipinski definition) is 1. The molecule has 0 amide bonds. The quantitative estimate of drug-likeness (QED) is 0.882. The van der Waals surface area contributed by atoms with E-state index < -0.39 is 0 Å². The summed E-state index contributed by atoms with van der Waals surface area (Å²) >= 11 is 1.72. The molecule has 1 aromatic heterocycles. The second-order valence-electron chi connectivity index (χ2n) is 4.62. The van der Waals surface area contributed by atoms with Gasteiger partial charge in [0.2, 0.25) is 0 Å². The number of thiazole rings is 1. The molecule has 2 unspecified atom stereocenters. The summed E-state index contributed by atoms with van der Waals surface area (Å²) in [6, 6.07) is 0.317. The van der Waals surface area contributed by atoms with Crippen molar-refractivity contribution in [2.75, 3.05) is 13.7 Å². The fraction of sp³-hybridized carbons (Fsp3) is 0.750. The van der Waals surface area contributed by atoms with Crippen LogP contribution in [0.15, 0.2) is 5.38 Å². The summed E-state index contributed by atoms with van der Waals surface area (Å²) in [7, 11) is 1.96. The lowest BCUT2D eigenvalue weighted by Crippen LogP contribution is -2.30. The van der Waals surface area contributed by atoms with Crippen molar-refractivity contribution in [1.29, 1.82) is 0 Å².